The third-order valence-electron chi connectivity index (χ3n) is 3.32. The standard InChI is InChI=1S/C13H17NO3/c1-3-9-13(14-4-2)8-5-11-12(16-7-15-11)6-10(8)17-9/h5-6,9,13-14H,3-4,7H2,1-2H3. The second kappa shape index (κ2) is 4.11. The third kappa shape index (κ3) is 1.63. The highest BCUT2D eigenvalue weighted by atomic mass is 16.7. The lowest BCUT2D eigenvalue weighted by Gasteiger charge is -2.17. The van der Waals surface area contributed by atoms with Gasteiger partial charge in [0, 0.05) is 11.6 Å². The molecule has 3 rings (SSSR count). The average Bonchev–Trinajstić information content (AvgIpc) is 2.91. The maximum atomic E-state index is 5.95. The molecule has 4 nitrogen and oxygen atoms in total. The first-order chi connectivity index (χ1) is 8.33. The Kier molecular flexibility index (Phi) is 2.59. The quantitative estimate of drug-likeness (QED) is 0.872. The van der Waals surface area contributed by atoms with Gasteiger partial charge < -0.3 is 19.5 Å². The number of fused-ring (bicyclic) bond motifs is 2. The van der Waals surface area contributed by atoms with Crippen molar-refractivity contribution in [3.05, 3.63) is 17.7 Å². The molecule has 1 aromatic rings. The zero-order valence-electron chi connectivity index (χ0n) is 10.2. The van der Waals surface area contributed by atoms with Crippen molar-refractivity contribution < 1.29 is 14.2 Å². The van der Waals surface area contributed by atoms with Crippen LogP contribution in [0.3, 0.4) is 0 Å². The summed E-state index contributed by atoms with van der Waals surface area (Å²) in [6.45, 7) is 5.49. The van der Waals surface area contributed by atoms with E-state index in [0.29, 0.717) is 6.79 Å². The normalized spacial score (nSPS) is 24.6. The molecule has 0 fully saturated rings. The Bertz CT molecular complexity index is 433. The van der Waals surface area contributed by atoms with Crippen molar-refractivity contribution in [3.8, 4) is 17.2 Å². The van der Waals surface area contributed by atoms with Crippen LogP contribution >= 0.6 is 0 Å². The van der Waals surface area contributed by atoms with Crippen molar-refractivity contribution in [2.45, 2.75) is 32.4 Å². The topological polar surface area (TPSA) is 39.7 Å². The van der Waals surface area contributed by atoms with E-state index in [1.54, 1.807) is 0 Å². The minimum absolute atomic E-state index is 0.201. The first-order valence-corrected chi connectivity index (χ1v) is 6.17. The fraction of sp³-hybridized carbons (Fsp3) is 0.538. The Labute approximate surface area is 101 Å². The summed E-state index contributed by atoms with van der Waals surface area (Å²) in [4.78, 5) is 0. The molecule has 0 saturated heterocycles. The molecule has 2 unspecified atom stereocenters. The van der Waals surface area contributed by atoms with E-state index in [-0.39, 0.29) is 12.1 Å². The molecule has 2 aliphatic heterocycles. The molecule has 17 heavy (non-hydrogen) atoms. The summed E-state index contributed by atoms with van der Waals surface area (Å²) in [7, 11) is 0. The van der Waals surface area contributed by atoms with Crippen molar-refractivity contribution in [1.29, 1.82) is 0 Å². The van der Waals surface area contributed by atoms with Gasteiger partial charge in [-0.2, -0.15) is 0 Å². The number of hydrogen-bond donors (Lipinski definition) is 1. The number of nitrogens with one attached hydrogen (secondary N) is 1. The van der Waals surface area contributed by atoms with Crippen molar-refractivity contribution in [2.75, 3.05) is 13.3 Å². The Hall–Kier alpha value is -1.42. The van der Waals surface area contributed by atoms with Gasteiger partial charge in [-0.1, -0.05) is 13.8 Å². The van der Waals surface area contributed by atoms with Crippen LogP contribution in [0.5, 0.6) is 17.2 Å². The third-order valence-corrected chi connectivity index (χ3v) is 3.32. The van der Waals surface area contributed by atoms with Gasteiger partial charge in [0.15, 0.2) is 11.5 Å². The monoisotopic (exact) mass is 235 g/mol. The van der Waals surface area contributed by atoms with E-state index in [1.165, 1.54) is 5.56 Å². The van der Waals surface area contributed by atoms with Gasteiger partial charge in [-0.15, -0.1) is 0 Å². The van der Waals surface area contributed by atoms with Crippen LogP contribution in [0.2, 0.25) is 0 Å². The second-order valence-electron chi connectivity index (χ2n) is 4.34. The van der Waals surface area contributed by atoms with Gasteiger partial charge >= 0.3 is 0 Å². The van der Waals surface area contributed by atoms with E-state index in [1.807, 2.05) is 12.1 Å². The van der Waals surface area contributed by atoms with Gasteiger partial charge in [-0.05, 0) is 19.0 Å². The smallest absolute Gasteiger partial charge is 0.231 e. The van der Waals surface area contributed by atoms with Crippen LogP contribution in [0.1, 0.15) is 31.9 Å². The van der Waals surface area contributed by atoms with Crippen LogP contribution in [-0.4, -0.2) is 19.4 Å². The summed E-state index contributed by atoms with van der Waals surface area (Å²) >= 11 is 0. The first kappa shape index (κ1) is 10.7. The number of benzene rings is 1. The molecular weight excluding hydrogens is 218 g/mol. The number of rotatable bonds is 3. The van der Waals surface area contributed by atoms with Gasteiger partial charge in [0.25, 0.3) is 0 Å². The van der Waals surface area contributed by atoms with Crippen molar-refractivity contribution in [3.63, 3.8) is 0 Å². The summed E-state index contributed by atoms with van der Waals surface area (Å²) in [5.74, 6) is 2.54. The van der Waals surface area contributed by atoms with Crippen LogP contribution in [0.25, 0.3) is 0 Å². The molecule has 4 heteroatoms. The highest BCUT2D eigenvalue weighted by Gasteiger charge is 2.34. The van der Waals surface area contributed by atoms with Gasteiger partial charge in [0.2, 0.25) is 6.79 Å². The average molecular weight is 235 g/mol. The van der Waals surface area contributed by atoms with Crippen LogP contribution in [-0.2, 0) is 0 Å². The molecule has 2 heterocycles. The maximum Gasteiger partial charge on any atom is 0.231 e. The zero-order chi connectivity index (χ0) is 11.8. The second-order valence-corrected chi connectivity index (χ2v) is 4.34. The number of hydrogen-bond acceptors (Lipinski definition) is 4. The van der Waals surface area contributed by atoms with E-state index in [9.17, 15) is 0 Å². The minimum Gasteiger partial charge on any atom is -0.488 e. The lowest BCUT2D eigenvalue weighted by atomic mass is 10.0. The largest absolute Gasteiger partial charge is 0.488 e. The first-order valence-electron chi connectivity index (χ1n) is 6.17. The predicted octanol–water partition coefficient (Wildman–Crippen LogP) is 2.24. The zero-order valence-corrected chi connectivity index (χ0v) is 10.2. The summed E-state index contributed by atoms with van der Waals surface area (Å²) in [5.41, 5.74) is 1.18. The molecule has 0 saturated carbocycles. The number of ether oxygens (including phenoxy) is 3. The van der Waals surface area contributed by atoms with Gasteiger partial charge in [-0.3, -0.25) is 0 Å². The molecule has 92 valence electrons. The fourth-order valence-corrected chi connectivity index (χ4v) is 2.50. The molecule has 0 spiro atoms. The van der Waals surface area contributed by atoms with E-state index >= 15 is 0 Å². The minimum atomic E-state index is 0.201. The molecule has 0 bridgehead atoms. The van der Waals surface area contributed by atoms with Crippen LogP contribution in [0, 0.1) is 0 Å². The van der Waals surface area contributed by atoms with Crippen molar-refractivity contribution in [2.24, 2.45) is 0 Å². The Morgan fingerprint density at radius 1 is 1.18 bits per heavy atom. The lowest BCUT2D eigenvalue weighted by Crippen LogP contribution is -2.30. The molecule has 1 aromatic carbocycles. The molecule has 2 aliphatic rings. The molecule has 0 radical (unpaired) electrons. The van der Waals surface area contributed by atoms with Gasteiger partial charge in [-0.25, -0.2) is 0 Å². The molecule has 0 aliphatic carbocycles. The highest BCUT2D eigenvalue weighted by molar-refractivity contribution is 5.54. The maximum absolute atomic E-state index is 5.95. The Morgan fingerprint density at radius 3 is 2.65 bits per heavy atom. The summed E-state index contributed by atoms with van der Waals surface area (Å²) in [5, 5.41) is 3.47. The summed E-state index contributed by atoms with van der Waals surface area (Å²) < 4.78 is 16.7. The Morgan fingerprint density at radius 2 is 1.94 bits per heavy atom. The lowest BCUT2D eigenvalue weighted by molar-refractivity contribution is 0.171. The van der Waals surface area contributed by atoms with Crippen molar-refractivity contribution in [1.82, 2.24) is 5.32 Å². The van der Waals surface area contributed by atoms with E-state index < -0.39 is 0 Å². The van der Waals surface area contributed by atoms with Crippen LogP contribution in [0.4, 0.5) is 0 Å². The molecule has 2 atom stereocenters. The van der Waals surface area contributed by atoms with E-state index in [2.05, 4.69) is 19.2 Å². The Balaban J connectivity index is 1.98. The molecule has 0 aromatic heterocycles. The van der Waals surface area contributed by atoms with Crippen LogP contribution < -0.4 is 19.5 Å². The summed E-state index contributed by atoms with van der Waals surface area (Å²) in [6, 6.07) is 4.24. The van der Waals surface area contributed by atoms with Crippen LogP contribution in [0.15, 0.2) is 12.1 Å². The highest BCUT2D eigenvalue weighted by Crippen LogP contribution is 2.45. The van der Waals surface area contributed by atoms with E-state index in [4.69, 9.17) is 14.2 Å². The number of likely N-dealkylation sites (N-methyl/N-ethyl adjacent to an activating group) is 1. The van der Waals surface area contributed by atoms with Gasteiger partial charge in [0.1, 0.15) is 11.9 Å². The SMILES string of the molecule is CCNC1c2cc3c(cc2OC1CC)OCO3. The fourth-order valence-electron chi connectivity index (χ4n) is 2.50. The van der Waals surface area contributed by atoms with E-state index in [0.717, 1.165) is 30.2 Å². The van der Waals surface area contributed by atoms with Crippen molar-refractivity contribution >= 4 is 0 Å². The summed E-state index contributed by atoms with van der Waals surface area (Å²) in [6.07, 6.45) is 1.19. The van der Waals surface area contributed by atoms with Gasteiger partial charge in [0.05, 0.1) is 6.04 Å². The molecule has 1 N–H and O–H groups in total. The molecular formula is C13H17NO3. The molecule has 0 amide bonds. The predicted molar refractivity (Wildman–Crippen MR) is 63.7 cm³/mol.